The summed E-state index contributed by atoms with van der Waals surface area (Å²) in [5.74, 6) is 0.111. The lowest BCUT2D eigenvalue weighted by Gasteiger charge is -2.45. The van der Waals surface area contributed by atoms with Crippen LogP contribution in [0.25, 0.3) is 0 Å². The average molecular weight is 370 g/mol. The molecule has 0 bridgehead atoms. The van der Waals surface area contributed by atoms with E-state index in [1.54, 1.807) is 4.68 Å². The van der Waals surface area contributed by atoms with Crippen molar-refractivity contribution in [1.82, 2.24) is 15.1 Å². The molecule has 2 aromatic rings. The first-order valence-electron chi connectivity index (χ1n) is 9.74. The zero-order valence-corrected chi connectivity index (χ0v) is 16.9. The van der Waals surface area contributed by atoms with Gasteiger partial charge >= 0.3 is 0 Å². The number of carbonyl (C=O) groups excluding carboxylic acids is 1. The molecule has 0 spiro atoms. The number of carbonyl (C=O) groups is 1. The van der Waals surface area contributed by atoms with Crippen molar-refractivity contribution < 1.29 is 9.53 Å². The maximum Gasteiger partial charge on any atom is 0.220 e. The fourth-order valence-corrected chi connectivity index (χ4v) is 4.44. The van der Waals surface area contributed by atoms with E-state index in [-0.39, 0.29) is 16.9 Å². The lowest BCUT2D eigenvalue weighted by molar-refractivity contribution is -0.126. The highest BCUT2D eigenvalue weighted by Gasteiger charge is 2.44. The molecule has 2 heterocycles. The molecule has 1 aromatic carbocycles. The van der Waals surface area contributed by atoms with E-state index in [2.05, 4.69) is 55.5 Å². The number of rotatable bonds is 6. The Morgan fingerprint density at radius 1 is 1.33 bits per heavy atom. The summed E-state index contributed by atoms with van der Waals surface area (Å²) in [6.45, 7) is 7.71. The summed E-state index contributed by atoms with van der Waals surface area (Å²) >= 11 is 0. The van der Waals surface area contributed by atoms with Crippen LogP contribution in [0.1, 0.15) is 49.8 Å². The first-order valence-corrected chi connectivity index (χ1v) is 9.74. The molecule has 1 saturated heterocycles. The van der Waals surface area contributed by atoms with E-state index in [1.165, 1.54) is 11.1 Å². The number of benzene rings is 1. The van der Waals surface area contributed by atoms with Crippen molar-refractivity contribution in [2.45, 2.75) is 57.5 Å². The van der Waals surface area contributed by atoms with E-state index in [4.69, 9.17) is 4.74 Å². The van der Waals surface area contributed by atoms with Crippen LogP contribution in [-0.2, 0) is 28.4 Å². The number of aromatic nitrogens is 2. The standard InChI is InChI=1S/C22H31N3O2/c1-17-7-5-6-8-19(17)22(10-12-27-21(2,3)16-22)13-20(26)23-11-9-18-14-24-25(4)15-18/h5-8,14-15H,9-13,16H2,1-4H3,(H,23,26). The highest BCUT2D eigenvalue weighted by molar-refractivity contribution is 5.77. The monoisotopic (exact) mass is 369 g/mol. The van der Waals surface area contributed by atoms with Gasteiger partial charge in [-0.25, -0.2) is 0 Å². The van der Waals surface area contributed by atoms with E-state index in [0.717, 1.165) is 24.8 Å². The van der Waals surface area contributed by atoms with E-state index in [9.17, 15) is 4.79 Å². The summed E-state index contributed by atoms with van der Waals surface area (Å²) in [6.07, 6.45) is 6.85. The van der Waals surface area contributed by atoms with Crippen LogP contribution in [0.5, 0.6) is 0 Å². The van der Waals surface area contributed by atoms with Crippen LogP contribution >= 0.6 is 0 Å². The quantitative estimate of drug-likeness (QED) is 0.850. The Morgan fingerprint density at radius 2 is 2.11 bits per heavy atom. The van der Waals surface area contributed by atoms with Gasteiger partial charge in [0.15, 0.2) is 0 Å². The number of ether oxygens (including phenoxy) is 1. The molecule has 1 amide bonds. The molecule has 5 nitrogen and oxygen atoms in total. The van der Waals surface area contributed by atoms with Gasteiger partial charge in [-0.05, 0) is 56.7 Å². The molecular weight excluding hydrogens is 338 g/mol. The molecule has 0 radical (unpaired) electrons. The molecular formula is C22H31N3O2. The van der Waals surface area contributed by atoms with Gasteiger partial charge in [0.25, 0.3) is 0 Å². The predicted molar refractivity (Wildman–Crippen MR) is 107 cm³/mol. The molecule has 5 heteroatoms. The predicted octanol–water partition coefficient (Wildman–Crippen LogP) is 3.30. The van der Waals surface area contributed by atoms with Crippen LogP contribution in [0.3, 0.4) is 0 Å². The van der Waals surface area contributed by atoms with Gasteiger partial charge < -0.3 is 10.1 Å². The third kappa shape index (κ3) is 4.78. The molecule has 1 fully saturated rings. The third-order valence-electron chi connectivity index (χ3n) is 5.55. The van der Waals surface area contributed by atoms with Gasteiger partial charge in [0.2, 0.25) is 5.91 Å². The van der Waals surface area contributed by atoms with Gasteiger partial charge in [-0.3, -0.25) is 9.48 Å². The van der Waals surface area contributed by atoms with Crippen molar-refractivity contribution in [1.29, 1.82) is 0 Å². The molecule has 1 N–H and O–H groups in total. The second-order valence-electron chi connectivity index (χ2n) is 8.43. The Morgan fingerprint density at radius 3 is 2.78 bits per heavy atom. The second-order valence-corrected chi connectivity index (χ2v) is 8.43. The first kappa shape index (κ1) is 19.6. The number of hydrogen-bond acceptors (Lipinski definition) is 3. The van der Waals surface area contributed by atoms with Crippen LogP contribution in [0.2, 0.25) is 0 Å². The fourth-order valence-electron chi connectivity index (χ4n) is 4.44. The van der Waals surface area contributed by atoms with E-state index in [1.807, 2.05) is 19.4 Å². The first-order chi connectivity index (χ1) is 12.8. The summed E-state index contributed by atoms with van der Waals surface area (Å²) in [4.78, 5) is 12.8. The minimum absolute atomic E-state index is 0.111. The molecule has 1 unspecified atom stereocenters. The number of aryl methyl sites for hydroxylation is 2. The highest BCUT2D eigenvalue weighted by atomic mass is 16.5. The van der Waals surface area contributed by atoms with Crippen LogP contribution in [-0.4, -0.2) is 34.4 Å². The van der Waals surface area contributed by atoms with Gasteiger partial charge in [0.05, 0.1) is 11.8 Å². The molecule has 27 heavy (non-hydrogen) atoms. The lowest BCUT2D eigenvalue weighted by atomic mass is 9.66. The van der Waals surface area contributed by atoms with Gasteiger partial charge in [0.1, 0.15) is 0 Å². The van der Waals surface area contributed by atoms with Crippen molar-refractivity contribution in [3.63, 3.8) is 0 Å². The van der Waals surface area contributed by atoms with Gasteiger partial charge in [-0.15, -0.1) is 0 Å². The summed E-state index contributed by atoms with van der Waals surface area (Å²) < 4.78 is 7.75. The summed E-state index contributed by atoms with van der Waals surface area (Å²) in [7, 11) is 1.90. The molecule has 0 saturated carbocycles. The third-order valence-corrected chi connectivity index (χ3v) is 5.55. The Balaban J connectivity index is 1.71. The van der Waals surface area contributed by atoms with Crippen molar-refractivity contribution in [2.24, 2.45) is 7.05 Å². The van der Waals surface area contributed by atoms with Crippen molar-refractivity contribution in [3.05, 3.63) is 53.3 Å². The minimum Gasteiger partial charge on any atom is -0.376 e. The fraction of sp³-hybridized carbons (Fsp3) is 0.545. The van der Waals surface area contributed by atoms with Gasteiger partial charge in [0, 0.05) is 38.2 Å². The molecule has 3 rings (SSSR count). The summed E-state index contributed by atoms with van der Waals surface area (Å²) in [5.41, 5.74) is 3.27. The zero-order chi connectivity index (χ0) is 19.5. The molecule has 1 aromatic heterocycles. The largest absolute Gasteiger partial charge is 0.376 e. The van der Waals surface area contributed by atoms with Crippen LogP contribution in [0, 0.1) is 6.92 Å². The molecule has 1 atom stereocenters. The van der Waals surface area contributed by atoms with Gasteiger partial charge in [-0.2, -0.15) is 5.10 Å². The SMILES string of the molecule is Cc1ccccc1C1(CC(=O)NCCc2cnn(C)c2)CCOC(C)(C)C1. The van der Waals surface area contributed by atoms with Crippen molar-refractivity contribution in [3.8, 4) is 0 Å². The number of nitrogens with zero attached hydrogens (tertiary/aromatic N) is 2. The van der Waals surface area contributed by atoms with E-state index in [0.29, 0.717) is 19.6 Å². The topological polar surface area (TPSA) is 56.2 Å². The van der Waals surface area contributed by atoms with E-state index >= 15 is 0 Å². The smallest absolute Gasteiger partial charge is 0.220 e. The van der Waals surface area contributed by atoms with Gasteiger partial charge in [-0.1, -0.05) is 24.3 Å². The Labute approximate surface area is 162 Å². The molecule has 1 aliphatic rings. The summed E-state index contributed by atoms with van der Waals surface area (Å²) in [6, 6.07) is 8.46. The number of nitrogens with one attached hydrogen (secondary N) is 1. The van der Waals surface area contributed by atoms with Crippen molar-refractivity contribution >= 4 is 5.91 Å². The van der Waals surface area contributed by atoms with Crippen LogP contribution < -0.4 is 5.32 Å². The maximum atomic E-state index is 12.8. The van der Waals surface area contributed by atoms with Crippen LogP contribution in [0.4, 0.5) is 0 Å². The molecule has 146 valence electrons. The second kappa shape index (κ2) is 7.85. The average Bonchev–Trinajstić information content (AvgIpc) is 2.99. The summed E-state index contributed by atoms with van der Waals surface area (Å²) in [5, 5.41) is 7.29. The maximum absolute atomic E-state index is 12.8. The Hall–Kier alpha value is -2.14. The highest BCUT2D eigenvalue weighted by Crippen LogP contribution is 2.45. The zero-order valence-electron chi connectivity index (χ0n) is 16.9. The molecule has 1 aliphatic heterocycles. The Bertz CT molecular complexity index is 796. The Kier molecular flexibility index (Phi) is 5.70. The normalized spacial score (nSPS) is 21.8. The number of hydrogen-bond donors (Lipinski definition) is 1. The van der Waals surface area contributed by atoms with Crippen molar-refractivity contribution in [2.75, 3.05) is 13.2 Å². The van der Waals surface area contributed by atoms with Crippen LogP contribution in [0.15, 0.2) is 36.7 Å². The molecule has 0 aliphatic carbocycles. The number of amides is 1. The minimum atomic E-state index is -0.226. The van der Waals surface area contributed by atoms with E-state index < -0.39 is 0 Å². The lowest BCUT2D eigenvalue weighted by Crippen LogP contribution is -2.47.